The quantitative estimate of drug-likeness (QED) is 0.805. The SMILES string of the molecule is O=C(O)c1nc2cc(O)ccc2n1C1CC1. The molecule has 1 aliphatic carbocycles. The van der Waals surface area contributed by atoms with Gasteiger partial charge in [-0.05, 0) is 25.0 Å². The number of phenolic OH excluding ortho intramolecular Hbond substituents is 1. The van der Waals surface area contributed by atoms with Gasteiger partial charge in [-0.2, -0.15) is 0 Å². The number of rotatable bonds is 2. The Kier molecular flexibility index (Phi) is 1.71. The minimum absolute atomic E-state index is 0.0584. The van der Waals surface area contributed by atoms with E-state index in [2.05, 4.69) is 4.98 Å². The van der Waals surface area contributed by atoms with Crippen LogP contribution in [0.1, 0.15) is 29.5 Å². The Labute approximate surface area is 91.0 Å². The van der Waals surface area contributed by atoms with Crippen molar-refractivity contribution in [3.8, 4) is 5.75 Å². The van der Waals surface area contributed by atoms with Crippen LogP contribution >= 0.6 is 0 Å². The van der Waals surface area contributed by atoms with E-state index < -0.39 is 5.97 Å². The fourth-order valence-corrected chi connectivity index (χ4v) is 1.94. The van der Waals surface area contributed by atoms with Crippen LogP contribution in [-0.4, -0.2) is 25.7 Å². The predicted molar refractivity (Wildman–Crippen MR) is 56.6 cm³/mol. The molecule has 16 heavy (non-hydrogen) atoms. The first kappa shape index (κ1) is 9.21. The van der Waals surface area contributed by atoms with E-state index in [1.165, 1.54) is 6.07 Å². The summed E-state index contributed by atoms with van der Waals surface area (Å²) in [6, 6.07) is 5.00. The highest BCUT2D eigenvalue weighted by Crippen LogP contribution is 2.39. The normalized spacial score (nSPS) is 15.5. The van der Waals surface area contributed by atoms with Crippen molar-refractivity contribution in [2.45, 2.75) is 18.9 Å². The molecule has 0 radical (unpaired) electrons. The summed E-state index contributed by atoms with van der Waals surface area (Å²) in [5.74, 6) is -0.865. The molecule has 0 spiro atoms. The lowest BCUT2D eigenvalue weighted by Crippen LogP contribution is -2.08. The van der Waals surface area contributed by atoms with Gasteiger partial charge in [0, 0.05) is 12.1 Å². The molecule has 0 aliphatic heterocycles. The van der Waals surface area contributed by atoms with E-state index in [0.29, 0.717) is 5.52 Å². The monoisotopic (exact) mass is 218 g/mol. The number of aromatic carboxylic acids is 1. The number of aromatic nitrogens is 2. The average molecular weight is 218 g/mol. The molecule has 0 amide bonds. The molecule has 5 heteroatoms. The number of carboxylic acids is 1. The van der Waals surface area contributed by atoms with Gasteiger partial charge in [-0.15, -0.1) is 0 Å². The Hall–Kier alpha value is -2.04. The van der Waals surface area contributed by atoms with Crippen molar-refractivity contribution < 1.29 is 15.0 Å². The third-order valence-corrected chi connectivity index (χ3v) is 2.78. The van der Waals surface area contributed by atoms with Gasteiger partial charge in [0.05, 0.1) is 11.0 Å². The minimum atomic E-state index is -1.03. The molecule has 0 saturated heterocycles. The third kappa shape index (κ3) is 1.25. The first-order valence-electron chi connectivity index (χ1n) is 5.11. The Morgan fingerprint density at radius 2 is 2.19 bits per heavy atom. The molecule has 1 aliphatic rings. The van der Waals surface area contributed by atoms with E-state index in [9.17, 15) is 9.90 Å². The largest absolute Gasteiger partial charge is 0.508 e. The van der Waals surface area contributed by atoms with Gasteiger partial charge in [0.2, 0.25) is 5.82 Å². The van der Waals surface area contributed by atoms with Gasteiger partial charge in [0.15, 0.2) is 0 Å². The molecular formula is C11H10N2O3. The van der Waals surface area contributed by atoms with Gasteiger partial charge < -0.3 is 14.8 Å². The van der Waals surface area contributed by atoms with E-state index in [4.69, 9.17) is 5.11 Å². The zero-order valence-corrected chi connectivity index (χ0v) is 8.42. The van der Waals surface area contributed by atoms with Crippen molar-refractivity contribution in [2.75, 3.05) is 0 Å². The summed E-state index contributed by atoms with van der Waals surface area (Å²) < 4.78 is 1.75. The van der Waals surface area contributed by atoms with Crippen molar-refractivity contribution in [3.05, 3.63) is 24.0 Å². The first-order valence-corrected chi connectivity index (χ1v) is 5.11. The Balaban J connectivity index is 2.32. The van der Waals surface area contributed by atoms with Crippen molar-refractivity contribution in [1.82, 2.24) is 9.55 Å². The second kappa shape index (κ2) is 2.98. The topological polar surface area (TPSA) is 75.3 Å². The Morgan fingerprint density at radius 1 is 1.44 bits per heavy atom. The number of phenols is 1. The number of hydrogen-bond donors (Lipinski definition) is 2. The second-order valence-electron chi connectivity index (χ2n) is 4.01. The third-order valence-electron chi connectivity index (χ3n) is 2.78. The lowest BCUT2D eigenvalue weighted by molar-refractivity contribution is 0.0678. The summed E-state index contributed by atoms with van der Waals surface area (Å²) in [6.07, 6.45) is 1.99. The van der Waals surface area contributed by atoms with Crippen LogP contribution in [-0.2, 0) is 0 Å². The number of hydrogen-bond acceptors (Lipinski definition) is 3. The summed E-state index contributed by atoms with van der Waals surface area (Å²) in [6.45, 7) is 0. The van der Waals surface area contributed by atoms with Gasteiger partial charge in [0.1, 0.15) is 5.75 Å². The van der Waals surface area contributed by atoms with Gasteiger partial charge in [-0.25, -0.2) is 9.78 Å². The van der Waals surface area contributed by atoms with Crippen LogP contribution in [0.3, 0.4) is 0 Å². The highest BCUT2D eigenvalue weighted by Gasteiger charge is 2.30. The van der Waals surface area contributed by atoms with E-state index >= 15 is 0 Å². The molecule has 1 fully saturated rings. The van der Waals surface area contributed by atoms with Gasteiger partial charge in [-0.1, -0.05) is 0 Å². The van der Waals surface area contributed by atoms with Crippen molar-refractivity contribution in [2.24, 2.45) is 0 Å². The van der Waals surface area contributed by atoms with Crippen LogP contribution in [0.15, 0.2) is 18.2 Å². The van der Waals surface area contributed by atoms with E-state index in [0.717, 1.165) is 18.4 Å². The zero-order valence-electron chi connectivity index (χ0n) is 8.42. The maximum atomic E-state index is 11.1. The van der Waals surface area contributed by atoms with Crippen LogP contribution in [0, 0.1) is 0 Å². The maximum absolute atomic E-state index is 11.1. The van der Waals surface area contributed by atoms with Gasteiger partial charge >= 0.3 is 5.97 Å². The molecule has 82 valence electrons. The standard InChI is InChI=1S/C11H10N2O3/c14-7-3-4-9-8(5-7)12-10(11(15)16)13(9)6-1-2-6/h3-6,14H,1-2H2,(H,15,16). The summed E-state index contributed by atoms with van der Waals surface area (Å²) >= 11 is 0. The van der Waals surface area contributed by atoms with Crippen molar-refractivity contribution in [3.63, 3.8) is 0 Å². The van der Waals surface area contributed by atoms with Gasteiger partial charge in [0.25, 0.3) is 0 Å². The summed E-state index contributed by atoms with van der Waals surface area (Å²) in [4.78, 5) is 15.1. The number of carbonyl (C=O) groups is 1. The van der Waals surface area contributed by atoms with E-state index in [1.54, 1.807) is 16.7 Å². The molecule has 1 aromatic heterocycles. The first-order chi connectivity index (χ1) is 7.66. The summed E-state index contributed by atoms with van der Waals surface area (Å²) in [5, 5.41) is 18.4. The predicted octanol–water partition coefficient (Wildman–Crippen LogP) is 1.77. The Bertz CT molecular complexity index is 584. The number of benzene rings is 1. The number of aromatic hydroxyl groups is 1. The smallest absolute Gasteiger partial charge is 0.372 e. The van der Waals surface area contributed by atoms with Crippen LogP contribution in [0.4, 0.5) is 0 Å². The van der Waals surface area contributed by atoms with Crippen LogP contribution in [0.25, 0.3) is 11.0 Å². The van der Waals surface area contributed by atoms with Gasteiger partial charge in [-0.3, -0.25) is 0 Å². The van der Waals surface area contributed by atoms with Crippen molar-refractivity contribution >= 4 is 17.0 Å². The highest BCUT2D eigenvalue weighted by atomic mass is 16.4. The van der Waals surface area contributed by atoms with E-state index in [1.807, 2.05) is 0 Å². The van der Waals surface area contributed by atoms with Crippen LogP contribution < -0.4 is 0 Å². The van der Waals surface area contributed by atoms with Crippen LogP contribution in [0.5, 0.6) is 5.75 Å². The summed E-state index contributed by atoms with van der Waals surface area (Å²) in [5.41, 5.74) is 1.31. The molecular weight excluding hydrogens is 208 g/mol. The zero-order chi connectivity index (χ0) is 11.3. The molecule has 1 aromatic carbocycles. The van der Waals surface area contributed by atoms with Crippen molar-refractivity contribution in [1.29, 1.82) is 0 Å². The fraction of sp³-hybridized carbons (Fsp3) is 0.273. The molecule has 0 bridgehead atoms. The average Bonchev–Trinajstić information content (AvgIpc) is 2.99. The lowest BCUT2D eigenvalue weighted by atomic mass is 10.3. The Morgan fingerprint density at radius 3 is 2.81 bits per heavy atom. The van der Waals surface area contributed by atoms with E-state index in [-0.39, 0.29) is 17.6 Å². The number of imidazole rings is 1. The molecule has 5 nitrogen and oxygen atoms in total. The summed E-state index contributed by atoms with van der Waals surface area (Å²) in [7, 11) is 0. The minimum Gasteiger partial charge on any atom is -0.508 e. The molecule has 0 atom stereocenters. The second-order valence-corrected chi connectivity index (χ2v) is 4.01. The lowest BCUT2D eigenvalue weighted by Gasteiger charge is -2.03. The fourth-order valence-electron chi connectivity index (χ4n) is 1.94. The molecule has 2 N–H and O–H groups in total. The molecule has 1 saturated carbocycles. The molecule has 1 heterocycles. The molecule has 3 rings (SSSR count). The number of carboxylic acid groups (broad SMARTS) is 1. The number of fused-ring (bicyclic) bond motifs is 1. The van der Waals surface area contributed by atoms with Crippen LogP contribution in [0.2, 0.25) is 0 Å². The molecule has 2 aromatic rings. The highest BCUT2D eigenvalue weighted by molar-refractivity contribution is 5.90. The maximum Gasteiger partial charge on any atom is 0.372 e. The molecule has 0 unspecified atom stereocenters. The number of nitrogens with zero attached hydrogens (tertiary/aromatic N) is 2.